The van der Waals surface area contributed by atoms with E-state index in [-0.39, 0.29) is 11.8 Å². The quantitative estimate of drug-likeness (QED) is 0.459. The number of ether oxygens (including phenoxy) is 1. The highest BCUT2D eigenvalue weighted by atomic mass is 32.2. The molecule has 0 aromatic carbocycles. The van der Waals surface area contributed by atoms with Crippen LogP contribution in [0.1, 0.15) is 66.8 Å². The zero-order chi connectivity index (χ0) is 20.1. The zero-order valence-electron chi connectivity index (χ0n) is 17.2. The topological polar surface area (TPSA) is 69.0 Å². The fourth-order valence-electron chi connectivity index (χ4n) is 4.01. The summed E-state index contributed by atoms with van der Waals surface area (Å²) >= 11 is 3.01. The molecule has 2 aromatic heterocycles. The third-order valence-corrected chi connectivity index (χ3v) is 7.29. The van der Waals surface area contributed by atoms with Crippen molar-refractivity contribution in [2.75, 3.05) is 24.8 Å². The van der Waals surface area contributed by atoms with Crippen LogP contribution < -0.4 is 5.32 Å². The van der Waals surface area contributed by atoms with Crippen molar-refractivity contribution in [1.29, 1.82) is 0 Å². The first kappa shape index (κ1) is 21.3. The van der Waals surface area contributed by atoms with Gasteiger partial charge in [-0.3, -0.25) is 4.79 Å². The Morgan fingerprint density at radius 1 is 1.36 bits per heavy atom. The molecule has 8 heteroatoms. The molecule has 0 spiro atoms. The first-order valence-corrected chi connectivity index (χ1v) is 11.7. The van der Waals surface area contributed by atoms with Gasteiger partial charge < -0.3 is 14.6 Å². The van der Waals surface area contributed by atoms with Gasteiger partial charge in [-0.05, 0) is 39.7 Å². The molecule has 1 aliphatic carbocycles. The molecule has 0 unspecified atom stereocenters. The fourth-order valence-corrected chi connectivity index (χ4v) is 5.72. The Hall–Kier alpha value is -1.38. The highest BCUT2D eigenvalue weighted by Crippen LogP contribution is 2.29. The average molecular weight is 423 g/mol. The van der Waals surface area contributed by atoms with Gasteiger partial charge in [-0.2, -0.15) is 0 Å². The standard InChI is InChI=1S/C20H30N4O2S2/c1-13-10-17(15(3)24(13)14(2)11-26-4)18(25)12-27-20-23-22-19(28-20)21-16-8-6-5-7-9-16/h10,14,16H,5-9,11-12H2,1-4H3,(H,21,22)/t14-/m1/s1. The lowest BCUT2D eigenvalue weighted by Crippen LogP contribution is -2.21. The first-order valence-electron chi connectivity index (χ1n) is 9.93. The molecule has 0 aliphatic heterocycles. The van der Waals surface area contributed by atoms with Crippen LogP contribution in [0.2, 0.25) is 0 Å². The molecule has 2 aromatic rings. The Labute approximate surface area is 175 Å². The maximum atomic E-state index is 12.8. The van der Waals surface area contributed by atoms with Gasteiger partial charge in [0.15, 0.2) is 10.1 Å². The normalized spacial score (nSPS) is 16.3. The largest absolute Gasteiger partial charge is 0.383 e. The van der Waals surface area contributed by atoms with Crippen LogP contribution in [0.4, 0.5) is 5.13 Å². The average Bonchev–Trinajstić information content (AvgIpc) is 3.24. The van der Waals surface area contributed by atoms with E-state index in [0.29, 0.717) is 18.4 Å². The monoisotopic (exact) mass is 422 g/mol. The Kier molecular flexibility index (Phi) is 7.54. The van der Waals surface area contributed by atoms with Crippen LogP contribution in [-0.2, 0) is 4.74 Å². The Morgan fingerprint density at radius 2 is 2.11 bits per heavy atom. The Morgan fingerprint density at radius 3 is 2.82 bits per heavy atom. The van der Waals surface area contributed by atoms with Gasteiger partial charge in [-0.25, -0.2) is 0 Å². The van der Waals surface area contributed by atoms with Crippen molar-refractivity contribution >= 4 is 34.0 Å². The Balaban J connectivity index is 1.58. The number of hydrogen-bond acceptors (Lipinski definition) is 7. The number of nitrogens with one attached hydrogen (secondary N) is 1. The number of hydrogen-bond donors (Lipinski definition) is 1. The van der Waals surface area contributed by atoms with Crippen molar-refractivity contribution in [1.82, 2.24) is 14.8 Å². The van der Waals surface area contributed by atoms with Crippen molar-refractivity contribution in [3.8, 4) is 0 Å². The molecule has 1 fully saturated rings. The van der Waals surface area contributed by atoms with Crippen LogP contribution in [-0.4, -0.2) is 46.1 Å². The molecular formula is C20H30N4O2S2. The van der Waals surface area contributed by atoms with E-state index in [4.69, 9.17) is 4.74 Å². The summed E-state index contributed by atoms with van der Waals surface area (Å²) in [5.74, 6) is 0.507. The predicted octanol–water partition coefficient (Wildman–Crippen LogP) is 4.88. The van der Waals surface area contributed by atoms with Crippen LogP contribution in [0.25, 0.3) is 0 Å². The van der Waals surface area contributed by atoms with E-state index in [0.717, 1.165) is 26.4 Å². The molecule has 154 valence electrons. The minimum absolute atomic E-state index is 0.131. The number of ketones is 1. The second-order valence-electron chi connectivity index (χ2n) is 7.52. The van der Waals surface area contributed by atoms with Crippen molar-refractivity contribution < 1.29 is 9.53 Å². The number of aryl methyl sites for hydroxylation is 1. The molecule has 1 N–H and O–H groups in total. The lowest BCUT2D eigenvalue weighted by molar-refractivity contribution is 0.102. The van der Waals surface area contributed by atoms with Gasteiger partial charge >= 0.3 is 0 Å². The molecule has 28 heavy (non-hydrogen) atoms. The van der Waals surface area contributed by atoms with Gasteiger partial charge in [-0.15, -0.1) is 10.2 Å². The minimum Gasteiger partial charge on any atom is -0.383 e. The zero-order valence-corrected chi connectivity index (χ0v) is 18.8. The second-order valence-corrected chi connectivity index (χ2v) is 9.72. The van der Waals surface area contributed by atoms with Crippen molar-refractivity contribution in [3.63, 3.8) is 0 Å². The van der Waals surface area contributed by atoms with Crippen LogP contribution in [0.5, 0.6) is 0 Å². The first-order chi connectivity index (χ1) is 13.5. The highest BCUT2D eigenvalue weighted by molar-refractivity contribution is 8.01. The van der Waals surface area contributed by atoms with E-state index in [1.165, 1.54) is 43.9 Å². The van der Waals surface area contributed by atoms with Gasteiger partial charge in [0.05, 0.1) is 18.4 Å². The maximum Gasteiger partial charge on any atom is 0.206 e. The lowest BCUT2D eigenvalue weighted by atomic mass is 9.96. The molecule has 3 rings (SSSR count). The predicted molar refractivity (Wildman–Crippen MR) is 116 cm³/mol. The van der Waals surface area contributed by atoms with Gasteiger partial charge in [0.1, 0.15) is 0 Å². The molecule has 0 amide bonds. The molecule has 0 bridgehead atoms. The SMILES string of the molecule is COC[C@@H](C)n1c(C)cc(C(=O)CSc2nnc(NC3CCCCC3)s2)c1C. The molecule has 1 atom stereocenters. The summed E-state index contributed by atoms with van der Waals surface area (Å²) in [4.78, 5) is 12.8. The van der Waals surface area contributed by atoms with E-state index >= 15 is 0 Å². The number of carbonyl (C=O) groups is 1. The molecule has 0 saturated heterocycles. The number of rotatable bonds is 9. The summed E-state index contributed by atoms with van der Waals surface area (Å²) < 4.78 is 8.29. The third kappa shape index (κ3) is 5.15. The van der Waals surface area contributed by atoms with Crippen LogP contribution >= 0.6 is 23.1 Å². The highest BCUT2D eigenvalue weighted by Gasteiger charge is 2.20. The van der Waals surface area contributed by atoms with Gasteiger partial charge in [0.2, 0.25) is 5.13 Å². The fraction of sp³-hybridized carbons (Fsp3) is 0.650. The van der Waals surface area contributed by atoms with Crippen LogP contribution in [0, 0.1) is 13.8 Å². The summed E-state index contributed by atoms with van der Waals surface area (Å²) in [7, 11) is 1.70. The maximum absolute atomic E-state index is 12.8. The lowest BCUT2D eigenvalue weighted by Gasteiger charge is -2.21. The Bertz CT molecular complexity index is 796. The minimum atomic E-state index is 0.131. The molecule has 1 saturated carbocycles. The van der Waals surface area contributed by atoms with E-state index in [1.807, 2.05) is 19.9 Å². The van der Waals surface area contributed by atoms with Crippen LogP contribution in [0.15, 0.2) is 10.4 Å². The van der Waals surface area contributed by atoms with Crippen molar-refractivity contribution in [2.24, 2.45) is 0 Å². The molecule has 1 aliphatic rings. The molecule has 2 heterocycles. The van der Waals surface area contributed by atoms with Gasteiger partial charge in [0.25, 0.3) is 0 Å². The van der Waals surface area contributed by atoms with Gasteiger partial charge in [-0.1, -0.05) is 42.4 Å². The number of anilines is 1. The summed E-state index contributed by atoms with van der Waals surface area (Å²) in [6.45, 7) is 6.78. The number of carbonyl (C=O) groups excluding carboxylic acids is 1. The third-order valence-electron chi connectivity index (χ3n) is 5.30. The van der Waals surface area contributed by atoms with E-state index in [2.05, 4.69) is 27.0 Å². The van der Waals surface area contributed by atoms with Crippen molar-refractivity contribution in [3.05, 3.63) is 23.0 Å². The molecule has 0 radical (unpaired) electrons. The van der Waals surface area contributed by atoms with Gasteiger partial charge in [0, 0.05) is 30.1 Å². The number of methoxy groups -OCH3 is 1. The molecular weight excluding hydrogens is 392 g/mol. The number of thioether (sulfide) groups is 1. The molecule has 6 nitrogen and oxygen atoms in total. The smallest absolute Gasteiger partial charge is 0.206 e. The van der Waals surface area contributed by atoms with E-state index in [1.54, 1.807) is 18.4 Å². The number of aromatic nitrogens is 3. The summed E-state index contributed by atoms with van der Waals surface area (Å²) in [6.07, 6.45) is 6.32. The van der Waals surface area contributed by atoms with E-state index < -0.39 is 0 Å². The van der Waals surface area contributed by atoms with Crippen LogP contribution in [0.3, 0.4) is 0 Å². The van der Waals surface area contributed by atoms with E-state index in [9.17, 15) is 4.79 Å². The number of Topliss-reactive ketones (excluding diaryl/α,β-unsaturated/α-hetero) is 1. The summed E-state index contributed by atoms with van der Waals surface area (Å²) in [6, 6.07) is 2.71. The second kappa shape index (κ2) is 9.89. The summed E-state index contributed by atoms with van der Waals surface area (Å²) in [5.41, 5.74) is 2.88. The summed E-state index contributed by atoms with van der Waals surface area (Å²) in [5, 5.41) is 12.9. The van der Waals surface area contributed by atoms with Crippen molar-refractivity contribution in [2.45, 2.75) is 69.3 Å². The number of nitrogens with zero attached hydrogens (tertiary/aromatic N) is 3.